The van der Waals surface area contributed by atoms with Gasteiger partial charge in [-0.2, -0.15) is 0 Å². The molecule has 1 saturated heterocycles. The fraction of sp³-hybridized carbons (Fsp3) is 0.391. The number of rotatable bonds is 7. The minimum Gasteiger partial charge on any atom is -0.493 e. The first-order valence-corrected chi connectivity index (χ1v) is 9.92. The number of ether oxygens (including phenoxy) is 2. The van der Waals surface area contributed by atoms with Crippen LogP contribution in [0.5, 0.6) is 11.5 Å². The highest BCUT2D eigenvalue weighted by atomic mass is 16.5. The third-order valence-corrected chi connectivity index (χ3v) is 5.54. The third-order valence-electron chi connectivity index (χ3n) is 5.54. The predicted octanol–water partition coefficient (Wildman–Crippen LogP) is 2.77. The minimum atomic E-state index is -0.627. The summed E-state index contributed by atoms with van der Waals surface area (Å²) in [5, 5.41) is 3.04. The van der Waals surface area contributed by atoms with Crippen LogP contribution in [-0.4, -0.2) is 50.1 Å². The van der Waals surface area contributed by atoms with Gasteiger partial charge in [-0.25, -0.2) is 0 Å². The molecule has 1 N–H and O–H groups in total. The monoisotopic (exact) mass is 396 g/mol. The number of hydrogen-bond acceptors (Lipinski definition) is 4. The van der Waals surface area contributed by atoms with Gasteiger partial charge in [0.05, 0.1) is 19.1 Å². The minimum absolute atomic E-state index is 0.0180. The van der Waals surface area contributed by atoms with Gasteiger partial charge in [0.15, 0.2) is 11.5 Å². The van der Waals surface area contributed by atoms with Crippen molar-refractivity contribution in [1.82, 2.24) is 10.2 Å². The molecule has 0 aromatic heterocycles. The van der Waals surface area contributed by atoms with Gasteiger partial charge >= 0.3 is 0 Å². The van der Waals surface area contributed by atoms with Gasteiger partial charge < -0.3 is 19.7 Å². The van der Waals surface area contributed by atoms with Gasteiger partial charge in [-0.3, -0.25) is 9.59 Å². The second kappa shape index (κ2) is 9.45. The Balaban J connectivity index is 1.64. The Morgan fingerprint density at radius 3 is 2.24 bits per heavy atom. The number of piperidine rings is 1. The first-order chi connectivity index (χ1) is 14.1. The van der Waals surface area contributed by atoms with E-state index in [1.165, 1.54) is 0 Å². The molecule has 6 nitrogen and oxygen atoms in total. The second-order valence-electron chi connectivity index (χ2n) is 7.21. The Morgan fingerprint density at radius 1 is 1.00 bits per heavy atom. The van der Waals surface area contributed by atoms with Crippen LogP contribution in [0.25, 0.3) is 0 Å². The highest BCUT2D eigenvalue weighted by Gasteiger charge is 2.43. The summed E-state index contributed by atoms with van der Waals surface area (Å²) in [4.78, 5) is 26.8. The first-order valence-electron chi connectivity index (χ1n) is 9.92. The van der Waals surface area contributed by atoms with Crippen LogP contribution in [0.15, 0.2) is 54.6 Å². The molecule has 2 aromatic carbocycles. The van der Waals surface area contributed by atoms with Crippen LogP contribution in [-0.2, 0) is 15.0 Å². The summed E-state index contributed by atoms with van der Waals surface area (Å²) in [6, 6.07) is 17.3. The number of para-hydroxylation sites is 2. The highest BCUT2D eigenvalue weighted by Crippen LogP contribution is 2.36. The van der Waals surface area contributed by atoms with Crippen LogP contribution < -0.4 is 14.8 Å². The predicted molar refractivity (Wildman–Crippen MR) is 111 cm³/mol. The summed E-state index contributed by atoms with van der Waals surface area (Å²) in [6.07, 6.45) is 1.21. The summed E-state index contributed by atoms with van der Waals surface area (Å²) < 4.78 is 11.0. The fourth-order valence-corrected chi connectivity index (χ4v) is 3.84. The van der Waals surface area contributed by atoms with E-state index in [0.717, 1.165) is 5.56 Å². The number of likely N-dealkylation sites (tertiary alicyclic amines) is 1. The van der Waals surface area contributed by atoms with Crippen LogP contribution in [0.2, 0.25) is 0 Å². The lowest BCUT2D eigenvalue weighted by Gasteiger charge is -2.40. The normalized spacial score (nSPS) is 15.4. The lowest BCUT2D eigenvalue weighted by molar-refractivity contribution is -0.135. The van der Waals surface area contributed by atoms with Crippen LogP contribution >= 0.6 is 0 Å². The molecule has 2 aromatic rings. The topological polar surface area (TPSA) is 67.9 Å². The van der Waals surface area contributed by atoms with E-state index in [2.05, 4.69) is 5.32 Å². The van der Waals surface area contributed by atoms with Gasteiger partial charge in [-0.15, -0.1) is 0 Å². The lowest BCUT2D eigenvalue weighted by Crippen LogP contribution is -2.53. The number of hydrogen-bond donors (Lipinski definition) is 1. The summed E-state index contributed by atoms with van der Waals surface area (Å²) in [5.74, 6) is 1.35. The molecule has 0 radical (unpaired) electrons. The van der Waals surface area contributed by atoms with E-state index in [4.69, 9.17) is 9.47 Å². The van der Waals surface area contributed by atoms with E-state index in [0.29, 0.717) is 50.6 Å². The zero-order valence-corrected chi connectivity index (χ0v) is 17.0. The Bertz CT molecular complexity index is 830. The molecule has 1 fully saturated rings. The molecule has 0 atom stereocenters. The van der Waals surface area contributed by atoms with Crippen molar-refractivity contribution in [2.24, 2.45) is 0 Å². The molecule has 0 saturated carbocycles. The lowest BCUT2D eigenvalue weighted by atomic mass is 9.72. The van der Waals surface area contributed by atoms with E-state index in [9.17, 15) is 9.59 Å². The molecular formula is C23H28N2O4. The number of nitrogens with one attached hydrogen (secondary N) is 1. The van der Waals surface area contributed by atoms with Crippen LogP contribution in [0, 0.1) is 0 Å². The molecule has 29 heavy (non-hydrogen) atoms. The number of carbonyl (C=O) groups is 2. The molecule has 3 rings (SSSR count). The molecule has 0 unspecified atom stereocenters. The van der Waals surface area contributed by atoms with Gasteiger partial charge in [-0.1, -0.05) is 42.5 Å². The Labute approximate surface area is 171 Å². The van der Waals surface area contributed by atoms with Gasteiger partial charge in [0.25, 0.3) is 0 Å². The maximum Gasteiger partial charge on any atom is 0.230 e. The molecule has 0 spiro atoms. The van der Waals surface area contributed by atoms with Crippen LogP contribution in [0.1, 0.15) is 25.3 Å². The molecule has 154 valence electrons. The zero-order valence-electron chi connectivity index (χ0n) is 17.0. The first kappa shape index (κ1) is 20.7. The maximum atomic E-state index is 13.2. The quantitative estimate of drug-likeness (QED) is 0.731. The zero-order chi connectivity index (χ0) is 20.7. The number of benzene rings is 2. The Morgan fingerprint density at radius 2 is 1.62 bits per heavy atom. The number of amides is 2. The Hall–Kier alpha value is -3.02. The highest BCUT2D eigenvalue weighted by molar-refractivity contribution is 5.88. The number of nitrogens with zero attached hydrogens (tertiary/aromatic N) is 1. The molecule has 0 bridgehead atoms. The van der Waals surface area contributed by atoms with E-state index < -0.39 is 5.41 Å². The maximum absolute atomic E-state index is 13.2. The SMILES string of the molecule is COc1ccccc1OCCNC(=O)C1(c2ccccc2)CCN(C(C)=O)CC1. The van der Waals surface area contributed by atoms with Gasteiger partial charge in [-0.05, 0) is 30.5 Å². The summed E-state index contributed by atoms with van der Waals surface area (Å²) in [6.45, 7) is 3.47. The smallest absolute Gasteiger partial charge is 0.230 e. The van der Waals surface area contributed by atoms with Crippen molar-refractivity contribution in [1.29, 1.82) is 0 Å². The molecule has 0 aliphatic carbocycles. The standard InChI is InChI=1S/C23H28N2O4/c1-18(26)25-15-12-23(13-16-25,19-8-4-3-5-9-19)22(27)24-14-17-29-21-11-7-6-10-20(21)28-2/h3-11H,12-17H2,1-2H3,(H,24,27). The van der Waals surface area contributed by atoms with E-state index in [1.807, 2.05) is 54.6 Å². The number of methoxy groups -OCH3 is 1. The summed E-state index contributed by atoms with van der Waals surface area (Å²) >= 11 is 0. The molecule has 6 heteroatoms. The van der Waals surface area contributed by atoms with Crippen molar-refractivity contribution in [2.45, 2.75) is 25.2 Å². The van der Waals surface area contributed by atoms with E-state index >= 15 is 0 Å². The largest absolute Gasteiger partial charge is 0.493 e. The Kier molecular flexibility index (Phi) is 6.75. The third kappa shape index (κ3) is 4.70. The van der Waals surface area contributed by atoms with Crippen molar-refractivity contribution in [3.05, 3.63) is 60.2 Å². The number of carbonyl (C=O) groups excluding carboxylic acids is 2. The summed E-state index contributed by atoms with van der Waals surface area (Å²) in [7, 11) is 1.60. The van der Waals surface area contributed by atoms with Gasteiger partial charge in [0.1, 0.15) is 6.61 Å². The van der Waals surface area contributed by atoms with Crippen molar-refractivity contribution < 1.29 is 19.1 Å². The average molecular weight is 396 g/mol. The van der Waals surface area contributed by atoms with E-state index in [1.54, 1.807) is 18.9 Å². The van der Waals surface area contributed by atoms with Gasteiger partial charge in [0.2, 0.25) is 11.8 Å². The molecule has 1 heterocycles. The fourth-order valence-electron chi connectivity index (χ4n) is 3.84. The van der Waals surface area contributed by atoms with Gasteiger partial charge in [0, 0.05) is 20.0 Å². The van der Waals surface area contributed by atoms with Crippen LogP contribution in [0.3, 0.4) is 0 Å². The van der Waals surface area contributed by atoms with Crippen LogP contribution in [0.4, 0.5) is 0 Å². The molecule has 1 aliphatic heterocycles. The van der Waals surface area contributed by atoms with Crippen molar-refractivity contribution in [3.8, 4) is 11.5 Å². The van der Waals surface area contributed by atoms with E-state index in [-0.39, 0.29) is 11.8 Å². The molecule has 2 amide bonds. The van der Waals surface area contributed by atoms with Crippen molar-refractivity contribution in [3.63, 3.8) is 0 Å². The molecular weight excluding hydrogens is 368 g/mol. The molecule has 1 aliphatic rings. The average Bonchev–Trinajstić information content (AvgIpc) is 2.77. The van der Waals surface area contributed by atoms with Crippen molar-refractivity contribution >= 4 is 11.8 Å². The summed E-state index contributed by atoms with van der Waals surface area (Å²) in [5.41, 5.74) is 0.365. The van der Waals surface area contributed by atoms with Crippen molar-refractivity contribution in [2.75, 3.05) is 33.4 Å². The second-order valence-corrected chi connectivity index (χ2v) is 7.21.